The zero-order valence-corrected chi connectivity index (χ0v) is 16.8. The summed E-state index contributed by atoms with van der Waals surface area (Å²) in [6.45, 7) is 5.44. The molecule has 2 aromatic carbocycles. The van der Waals surface area contributed by atoms with Gasteiger partial charge in [-0.1, -0.05) is 32.0 Å². The largest absolute Gasteiger partial charge is 0.484 e. The van der Waals surface area contributed by atoms with Crippen molar-refractivity contribution in [2.75, 3.05) is 11.9 Å². The van der Waals surface area contributed by atoms with Gasteiger partial charge in [-0.15, -0.1) is 0 Å². The van der Waals surface area contributed by atoms with E-state index in [9.17, 15) is 14.4 Å². The Morgan fingerprint density at radius 3 is 2.31 bits per heavy atom. The van der Waals surface area contributed by atoms with Crippen molar-refractivity contribution in [2.24, 2.45) is 5.73 Å². The molecule has 154 valence electrons. The van der Waals surface area contributed by atoms with Gasteiger partial charge >= 0.3 is 5.97 Å². The molecule has 7 nitrogen and oxygen atoms in total. The molecule has 0 heterocycles. The molecule has 0 saturated carbocycles. The van der Waals surface area contributed by atoms with Crippen LogP contribution >= 0.6 is 0 Å². The Labute approximate surface area is 170 Å². The van der Waals surface area contributed by atoms with E-state index in [0.29, 0.717) is 17.4 Å². The van der Waals surface area contributed by atoms with Gasteiger partial charge in [0.25, 0.3) is 11.8 Å². The number of nitrogens with two attached hydrogens (primary N) is 1. The minimum atomic E-state index is -0.974. The summed E-state index contributed by atoms with van der Waals surface area (Å²) in [5.41, 5.74) is 7.02. The van der Waals surface area contributed by atoms with Gasteiger partial charge in [-0.3, -0.25) is 9.59 Å². The summed E-state index contributed by atoms with van der Waals surface area (Å²) < 4.78 is 10.4. The predicted octanol–water partition coefficient (Wildman–Crippen LogP) is 3.25. The van der Waals surface area contributed by atoms with Crippen LogP contribution in [0.25, 0.3) is 0 Å². The highest BCUT2D eigenvalue weighted by molar-refractivity contribution is 5.97. The number of carbonyl (C=O) groups excluding carboxylic acids is 3. The Balaban J connectivity index is 1.97. The van der Waals surface area contributed by atoms with E-state index in [1.165, 1.54) is 31.2 Å². The van der Waals surface area contributed by atoms with E-state index in [4.69, 9.17) is 15.2 Å². The topological polar surface area (TPSA) is 108 Å². The van der Waals surface area contributed by atoms with Crippen molar-refractivity contribution >= 4 is 23.5 Å². The van der Waals surface area contributed by atoms with Crippen molar-refractivity contribution in [1.82, 2.24) is 0 Å². The number of hydrogen-bond acceptors (Lipinski definition) is 5. The smallest absolute Gasteiger partial charge is 0.338 e. The number of benzene rings is 2. The van der Waals surface area contributed by atoms with Gasteiger partial charge in [-0.25, -0.2) is 4.79 Å². The minimum absolute atomic E-state index is 0.251. The second kappa shape index (κ2) is 10.3. The molecule has 3 N–H and O–H groups in total. The van der Waals surface area contributed by atoms with Crippen LogP contribution in [0, 0.1) is 0 Å². The van der Waals surface area contributed by atoms with Gasteiger partial charge in [0, 0.05) is 5.69 Å². The van der Waals surface area contributed by atoms with Crippen molar-refractivity contribution < 1.29 is 23.9 Å². The van der Waals surface area contributed by atoms with Gasteiger partial charge in [0.05, 0.1) is 5.56 Å². The highest BCUT2D eigenvalue weighted by Gasteiger charge is 2.20. The fourth-order valence-corrected chi connectivity index (χ4v) is 2.62. The maximum absolute atomic E-state index is 12.5. The van der Waals surface area contributed by atoms with Crippen LogP contribution in [-0.2, 0) is 14.3 Å². The number of anilines is 1. The zero-order valence-electron chi connectivity index (χ0n) is 16.8. The van der Waals surface area contributed by atoms with E-state index in [0.717, 1.165) is 12.0 Å². The van der Waals surface area contributed by atoms with Crippen LogP contribution in [-0.4, -0.2) is 30.5 Å². The third-order valence-corrected chi connectivity index (χ3v) is 4.49. The zero-order chi connectivity index (χ0) is 21.4. The predicted molar refractivity (Wildman–Crippen MR) is 110 cm³/mol. The van der Waals surface area contributed by atoms with Crippen molar-refractivity contribution in [3.8, 4) is 5.75 Å². The third-order valence-electron chi connectivity index (χ3n) is 4.49. The summed E-state index contributed by atoms with van der Waals surface area (Å²) in [6.07, 6.45) is -0.0328. The number of primary amides is 1. The first-order valence-electron chi connectivity index (χ1n) is 9.43. The molecule has 0 aliphatic heterocycles. The van der Waals surface area contributed by atoms with E-state index in [2.05, 4.69) is 19.2 Å². The number of para-hydroxylation sites is 1. The van der Waals surface area contributed by atoms with Crippen molar-refractivity contribution in [1.29, 1.82) is 0 Å². The first kappa shape index (κ1) is 21.9. The van der Waals surface area contributed by atoms with E-state index in [1.54, 1.807) is 0 Å². The molecule has 0 aliphatic carbocycles. The van der Waals surface area contributed by atoms with Crippen LogP contribution in [0.2, 0.25) is 0 Å². The third kappa shape index (κ3) is 6.34. The summed E-state index contributed by atoms with van der Waals surface area (Å²) in [5, 5.41) is 2.84. The lowest BCUT2D eigenvalue weighted by Crippen LogP contribution is -2.30. The maximum atomic E-state index is 12.5. The highest BCUT2D eigenvalue weighted by Crippen LogP contribution is 2.26. The number of esters is 1. The molecule has 2 atom stereocenters. The molecule has 0 saturated heterocycles. The summed E-state index contributed by atoms with van der Waals surface area (Å²) in [6, 6.07) is 13.6. The van der Waals surface area contributed by atoms with Gasteiger partial charge in [-0.05, 0) is 55.2 Å². The summed E-state index contributed by atoms with van der Waals surface area (Å²) in [4.78, 5) is 35.5. The molecule has 0 bridgehead atoms. The molecule has 0 aliphatic rings. The molecular formula is C22H26N2O5. The van der Waals surface area contributed by atoms with Gasteiger partial charge in [0.2, 0.25) is 0 Å². The van der Waals surface area contributed by atoms with Gasteiger partial charge in [-0.2, -0.15) is 0 Å². The molecule has 0 spiro atoms. The summed E-state index contributed by atoms with van der Waals surface area (Å²) in [7, 11) is 0. The van der Waals surface area contributed by atoms with E-state index in [1.807, 2.05) is 24.3 Å². The molecule has 0 radical (unpaired) electrons. The van der Waals surface area contributed by atoms with Crippen molar-refractivity contribution in [3.63, 3.8) is 0 Å². The Morgan fingerprint density at radius 1 is 1.03 bits per heavy atom. The van der Waals surface area contributed by atoms with Crippen LogP contribution in [0.1, 0.15) is 49.0 Å². The first-order valence-corrected chi connectivity index (χ1v) is 9.43. The Bertz CT molecular complexity index is 864. The first-order chi connectivity index (χ1) is 13.8. The monoisotopic (exact) mass is 398 g/mol. The SMILES string of the molecule is CC[C@H](C)c1ccccc1NC(=O)[C@H](C)OC(=O)c1ccc(OCC(N)=O)cc1. The highest BCUT2D eigenvalue weighted by atomic mass is 16.5. The number of carbonyl (C=O) groups is 3. The van der Waals surface area contributed by atoms with E-state index in [-0.39, 0.29) is 12.2 Å². The van der Waals surface area contributed by atoms with Crippen LogP contribution in [0.3, 0.4) is 0 Å². The van der Waals surface area contributed by atoms with Crippen LogP contribution in [0.15, 0.2) is 48.5 Å². The van der Waals surface area contributed by atoms with Gasteiger partial charge in [0.15, 0.2) is 12.7 Å². The minimum Gasteiger partial charge on any atom is -0.484 e. The molecule has 0 fully saturated rings. The average Bonchev–Trinajstić information content (AvgIpc) is 2.72. The lowest BCUT2D eigenvalue weighted by molar-refractivity contribution is -0.123. The number of ether oxygens (including phenoxy) is 2. The van der Waals surface area contributed by atoms with Gasteiger partial charge < -0.3 is 20.5 Å². The Hall–Kier alpha value is -3.35. The second-order valence-corrected chi connectivity index (χ2v) is 6.71. The second-order valence-electron chi connectivity index (χ2n) is 6.71. The molecule has 2 rings (SSSR count). The number of rotatable bonds is 9. The fourth-order valence-electron chi connectivity index (χ4n) is 2.62. The fraction of sp³-hybridized carbons (Fsp3) is 0.318. The summed E-state index contributed by atoms with van der Waals surface area (Å²) in [5.74, 6) is -0.949. The van der Waals surface area contributed by atoms with E-state index >= 15 is 0 Å². The maximum Gasteiger partial charge on any atom is 0.338 e. The lowest BCUT2D eigenvalue weighted by Gasteiger charge is -2.18. The Morgan fingerprint density at radius 2 is 1.69 bits per heavy atom. The number of hydrogen-bond donors (Lipinski definition) is 2. The average molecular weight is 398 g/mol. The normalized spacial score (nSPS) is 12.5. The molecule has 2 aromatic rings. The molecule has 2 amide bonds. The van der Waals surface area contributed by atoms with Gasteiger partial charge in [0.1, 0.15) is 5.75 Å². The van der Waals surface area contributed by atoms with Crippen molar-refractivity contribution in [3.05, 3.63) is 59.7 Å². The van der Waals surface area contributed by atoms with Crippen LogP contribution in [0.5, 0.6) is 5.75 Å². The Kier molecular flexibility index (Phi) is 7.77. The lowest BCUT2D eigenvalue weighted by atomic mass is 9.97. The molecule has 0 aromatic heterocycles. The number of amides is 2. The molecule has 7 heteroatoms. The van der Waals surface area contributed by atoms with E-state index < -0.39 is 23.9 Å². The molecule has 0 unspecified atom stereocenters. The van der Waals surface area contributed by atoms with Crippen LogP contribution in [0.4, 0.5) is 5.69 Å². The standard InChI is InChI=1S/C22H26N2O5/c1-4-14(2)18-7-5-6-8-19(18)24-21(26)15(3)29-22(27)16-9-11-17(12-10-16)28-13-20(23)25/h5-12,14-15H,4,13H2,1-3H3,(H2,23,25)(H,24,26)/t14-,15-/m0/s1. The summed E-state index contributed by atoms with van der Waals surface area (Å²) >= 11 is 0. The van der Waals surface area contributed by atoms with Crippen molar-refractivity contribution in [2.45, 2.75) is 39.2 Å². The van der Waals surface area contributed by atoms with Crippen LogP contribution < -0.4 is 15.8 Å². The quantitative estimate of drug-likeness (QED) is 0.631. The molecule has 29 heavy (non-hydrogen) atoms. The number of nitrogens with one attached hydrogen (secondary N) is 1. The molecular weight excluding hydrogens is 372 g/mol.